The van der Waals surface area contributed by atoms with Crippen molar-refractivity contribution in [1.82, 2.24) is 15.1 Å². The van der Waals surface area contributed by atoms with Gasteiger partial charge in [-0.15, -0.1) is 0 Å². The van der Waals surface area contributed by atoms with Gasteiger partial charge in [-0.05, 0) is 11.6 Å². The molecule has 1 heterocycles. The lowest BCUT2D eigenvalue weighted by Crippen LogP contribution is -2.49. The van der Waals surface area contributed by atoms with Gasteiger partial charge in [0.2, 0.25) is 11.8 Å². The fourth-order valence-electron chi connectivity index (χ4n) is 2.27. The van der Waals surface area contributed by atoms with Crippen LogP contribution in [0.15, 0.2) is 18.2 Å². The number of benzene rings is 1. The molecular weight excluding hydrogens is 292 g/mol. The third-order valence-corrected chi connectivity index (χ3v) is 3.62. The van der Waals surface area contributed by atoms with Crippen molar-refractivity contribution in [2.75, 3.05) is 39.8 Å². The third kappa shape index (κ3) is 4.24. The van der Waals surface area contributed by atoms with Gasteiger partial charge in [0, 0.05) is 39.3 Å². The highest BCUT2D eigenvalue weighted by molar-refractivity contribution is 5.85. The van der Waals surface area contributed by atoms with Crippen molar-refractivity contribution in [3.05, 3.63) is 35.4 Å². The van der Waals surface area contributed by atoms with Gasteiger partial charge >= 0.3 is 0 Å². The first-order chi connectivity index (χ1) is 10.5. The Bertz CT molecular complexity index is 560. The van der Waals surface area contributed by atoms with Crippen LogP contribution < -0.4 is 5.32 Å². The van der Waals surface area contributed by atoms with Crippen LogP contribution in [-0.4, -0.2) is 61.4 Å². The summed E-state index contributed by atoms with van der Waals surface area (Å²) in [5.41, 5.74) is 0.118. The van der Waals surface area contributed by atoms with Crippen LogP contribution in [0.1, 0.15) is 5.56 Å². The minimum atomic E-state index is -0.754. The minimum Gasteiger partial charge on any atom is -0.339 e. The molecule has 120 valence electrons. The summed E-state index contributed by atoms with van der Waals surface area (Å²) in [6, 6.07) is 3.10. The summed E-state index contributed by atoms with van der Waals surface area (Å²) >= 11 is 0. The molecule has 0 radical (unpaired) electrons. The second-order valence-corrected chi connectivity index (χ2v) is 5.29. The molecule has 0 aliphatic carbocycles. The Labute approximate surface area is 127 Å². The van der Waals surface area contributed by atoms with E-state index in [1.54, 1.807) is 4.90 Å². The van der Waals surface area contributed by atoms with Crippen molar-refractivity contribution >= 4 is 11.8 Å². The van der Waals surface area contributed by atoms with Crippen LogP contribution in [0, 0.1) is 11.6 Å². The van der Waals surface area contributed by atoms with Gasteiger partial charge in [-0.3, -0.25) is 9.59 Å². The van der Waals surface area contributed by atoms with Crippen molar-refractivity contribution in [3.63, 3.8) is 0 Å². The molecule has 1 aliphatic heterocycles. The topological polar surface area (TPSA) is 52.7 Å². The number of carbonyl (C=O) groups is 2. The van der Waals surface area contributed by atoms with Crippen molar-refractivity contribution in [1.29, 1.82) is 0 Å². The third-order valence-electron chi connectivity index (χ3n) is 3.62. The van der Waals surface area contributed by atoms with E-state index in [0.29, 0.717) is 13.1 Å². The number of rotatable bonds is 4. The molecule has 1 saturated heterocycles. The van der Waals surface area contributed by atoms with Crippen LogP contribution in [0.2, 0.25) is 0 Å². The molecule has 22 heavy (non-hydrogen) atoms. The number of hydrogen-bond acceptors (Lipinski definition) is 3. The Morgan fingerprint density at radius 2 is 1.95 bits per heavy atom. The van der Waals surface area contributed by atoms with E-state index in [1.807, 2.05) is 0 Å². The lowest BCUT2D eigenvalue weighted by molar-refractivity contribution is -0.139. The smallest absolute Gasteiger partial charge is 0.242 e. The van der Waals surface area contributed by atoms with E-state index in [9.17, 15) is 18.4 Å². The number of halogens is 2. The maximum Gasteiger partial charge on any atom is 0.242 e. The largest absolute Gasteiger partial charge is 0.339 e. The zero-order valence-corrected chi connectivity index (χ0v) is 12.4. The van der Waals surface area contributed by atoms with Crippen LogP contribution >= 0.6 is 0 Å². The van der Waals surface area contributed by atoms with Crippen LogP contribution in [-0.2, 0) is 16.0 Å². The molecule has 1 fully saturated rings. The summed E-state index contributed by atoms with van der Waals surface area (Å²) in [4.78, 5) is 27.1. The predicted octanol–water partition coefficient (Wildman–Crippen LogP) is 0.398. The van der Waals surface area contributed by atoms with E-state index in [4.69, 9.17) is 0 Å². The van der Waals surface area contributed by atoms with E-state index in [2.05, 4.69) is 5.32 Å². The van der Waals surface area contributed by atoms with Gasteiger partial charge in [0.1, 0.15) is 11.6 Å². The maximum absolute atomic E-state index is 13.5. The summed E-state index contributed by atoms with van der Waals surface area (Å²) in [5.74, 6) is -1.95. The van der Waals surface area contributed by atoms with Gasteiger partial charge in [-0.2, -0.15) is 0 Å². The van der Waals surface area contributed by atoms with E-state index in [-0.39, 0.29) is 30.3 Å². The molecule has 0 unspecified atom stereocenters. The normalized spacial score (nSPS) is 14.8. The first-order valence-electron chi connectivity index (χ1n) is 7.14. The Kier molecular flexibility index (Phi) is 5.43. The van der Waals surface area contributed by atoms with Crippen molar-refractivity contribution < 1.29 is 18.4 Å². The summed E-state index contributed by atoms with van der Waals surface area (Å²) < 4.78 is 26.4. The first-order valence-corrected chi connectivity index (χ1v) is 7.14. The van der Waals surface area contributed by atoms with Gasteiger partial charge in [0.15, 0.2) is 0 Å². The SMILES string of the molecule is CN(CC(=O)N1CCNCC1)C(=O)Cc1ccc(F)cc1F. The number of nitrogens with one attached hydrogen (secondary N) is 1. The Morgan fingerprint density at radius 3 is 2.59 bits per heavy atom. The average Bonchev–Trinajstić information content (AvgIpc) is 2.50. The number of carbonyl (C=O) groups excluding carboxylic acids is 2. The molecule has 0 spiro atoms. The summed E-state index contributed by atoms with van der Waals surface area (Å²) in [7, 11) is 1.50. The molecule has 0 atom stereocenters. The highest BCUT2D eigenvalue weighted by Gasteiger charge is 2.20. The maximum atomic E-state index is 13.5. The monoisotopic (exact) mass is 311 g/mol. The summed E-state index contributed by atoms with van der Waals surface area (Å²) in [6.45, 7) is 2.68. The van der Waals surface area contributed by atoms with Crippen molar-refractivity contribution in [3.8, 4) is 0 Å². The fourth-order valence-corrected chi connectivity index (χ4v) is 2.27. The Morgan fingerprint density at radius 1 is 1.27 bits per heavy atom. The minimum absolute atomic E-state index is 0.0400. The molecule has 2 amide bonds. The molecule has 0 saturated carbocycles. The number of piperazine rings is 1. The second kappa shape index (κ2) is 7.31. The molecular formula is C15H19F2N3O2. The number of likely N-dealkylation sites (N-methyl/N-ethyl adjacent to an activating group) is 1. The quantitative estimate of drug-likeness (QED) is 0.876. The highest BCUT2D eigenvalue weighted by Crippen LogP contribution is 2.11. The first kappa shape index (κ1) is 16.4. The highest BCUT2D eigenvalue weighted by atomic mass is 19.1. The van der Waals surface area contributed by atoms with Gasteiger partial charge in [-0.1, -0.05) is 6.07 Å². The molecule has 1 aromatic carbocycles. The van der Waals surface area contributed by atoms with Crippen LogP contribution in [0.25, 0.3) is 0 Å². The number of amides is 2. The Hall–Kier alpha value is -2.02. The van der Waals surface area contributed by atoms with Gasteiger partial charge in [0.25, 0.3) is 0 Å². The second-order valence-electron chi connectivity index (χ2n) is 5.29. The summed E-state index contributed by atoms with van der Waals surface area (Å²) in [5, 5.41) is 3.14. The zero-order chi connectivity index (χ0) is 16.1. The van der Waals surface area contributed by atoms with Gasteiger partial charge in [-0.25, -0.2) is 8.78 Å². The van der Waals surface area contributed by atoms with Crippen LogP contribution in [0.3, 0.4) is 0 Å². The molecule has 5 nitrogen and oxygen atoms in total. The molecule has 0 aromatic heterocycles. The lowest BCUT2D eigenvalue weighted by Gasteiger charge is -2.29. The Balaban J connectivity index is 1.89. The molecule has 2 rings (SSSR count). The molecule has 7 heteroatoms. The number of nitrogens with zero attached hydrogens (tertiary/aromatic N) is 2. The standard InChI is InChI=1S/C15H19F2N3O2/c1-19(10-15(22)20-6-4-18-5-7-20)14(21)8-11-2-3-12(16)9-13(11)17/h2-3,9,18H,4-8,10H2,1H3. The van der Waals surface area contributed by atoms with Crippen LogP contribution in [0.4, 0.5) is 8.78 Å². The number of hydrogen-bond donors (Lipinski definition) is 1. The molecule has 1 aliphatic rings. The fraction of sp³-hybridized carbons (Fsp3) is 0.467. The van der Waals surface area contributed by atoms with Crippen molar-refractivity contribution in [2.45, 2.75) is 6.42 Å². The predicted molar refractivity (Wildman–Crippen MR) is 77.1 cm³/mol. The lowest BCUT2D eigenvalue weighted by atomic mass is 10.1. The van der Waals surface area contributed by atoms with Gasteiger partial charge in [0.05, 0.1) is 13.0 Å². The average molecular weight is 311 g/mol. The summed E-state index contributed by atoms with van der Waals surface area (Å²) in [6.07, 6.45) is -0.197. The van der Waals surface area contributed by atoms with E-state index >= 15 is 0 Å². The van der Waals surface area contributed by atoms with Crippen LogP contribution in [0.5, 0.6) is 0 Å². The zero-order valence-electron chi connectivity index (χ0n) is 12.4. The van der Waals surface area contributed by atoms with E-state index in [1.165, 1.54) is 18.0 Å². The molecule has 1 aromatic rings. The van der Waals surface area contributed by atoms with E-state index < -0.39 is 11.6 Å². The molecule has 1 N–H and O–H groups in total. The van der Waals surface area contributed by atoms with Gasteiger partial charge < -0.3 is 15.1 Å². The van der Waals surface area contributed by atoms with Crippen molar-refractivity contribution in [2.24, 2.45) is 0 Å². The van der Waals surface area contributed by atoms with E-state index in [0.717, 1.165) is 25.2 Å². The molecule has 0 bridgehead atoms.